The second-order valence-corrected chi connectivity index (χ2v) is 7.06. The summed E-state index contributed by atoms with van der Waals surface area (Å²) in [6.07, 6.45) is 0. The Kier molecular flexibility index (Phi) is 3.77. The number of hydrogen-bond acceptors (Lipinski definition) is 5. The van der Waals surface area contributed by atoms with Crippen molar-refractivity contribution < 1.29 is 8.91 Å². The summed E-state index contributed by atoms with van der Waals surface area (Å²) in [6, 6.07) is 6.46. The van der Waals surface area contributed by atoms with Crippen LogP contribution in [0.5, 0.6) is 0 Å². The first-order valence-electron chi connectivity index (χ1n) is 7.36. The molecule has 0 saturated carbocycles. The van der Waals surface area contributed by atoms with Crippen LogP contribution < -0.4 is 11.1 Å². The number of aromatic nitrogens is 1. The molecule has 7 heteroatoms. The van der Waals surface area contributed by atoms with Crippen LogP contribution in [0.2, 0.25) is 5.02 Å². The molecule has 124 valence electrons. The van der Waals surface area contributed by atoms with Gasteiger partial charge in [-0.1, -0.05) is 43.6 Å². The van der Waals surface area contributed by atoms with Gasteiger partial charge in [0, 0.05) is 16.0 Å². The van der Waals surface area contributed by atoms with E-state index in [1.165, 1.54) is 12.1 Å². The smallest absolute Gasteiger partial charge is 0.234 e. The van der Waals surface area contributed by atoms with Crippen molar-refractivity contribution in [3.63, 3.8) is 0 Å². The van der Waals surface area contributed by atoms with Gasteiger partial charge in [0.05, 0.1) is 28.8 Å². The predicted molar refractivity (Wildman–Crippen MR) is 88.9 cm³/mol. The fraction of sp³-hybridized carbons (Fsp3) is 0.294. The molecule has 24 heavy (non-hydrogen) atoms. The van der Waals surface area contributed by atoms with E-state index in [1.807, 2.05) is 20.8 Å². The minimum Gasteiger partial charge on any atom is -0.384 e. The summed E-state index contributed by atoms with van der Waals surface area (Å²) in [7, 11) is 0. The second kappa shape index (κ2) is 5.53. The summed E-state index contributed by atoms with van der Waals surface area (Å²) in [5.74, 6) is -0.881. The van der Waals surface area contributed by atoms with Crippen LogP contribution >= 0.6 is 11.6 Å². The van der Waals surface area contributed by atoms with Crippen LogP contribution in [0.25, 0.3) is 0 Å². The number of benzene rings is 1. The number of anilines is 1. The highest BCUT2D eigenvalue weighted by atomic mass is 35.5. The van der Waals surface area contributed by atoms with Crippen LogP contribution in [-0.4, -0.2) is 5.16 Å². The van der Waals surface area contributed by atoms with Gasteiger partial charge in [0.2, 0.25) is 5.88 Å². The Labute approximate surface area is 143 Å². The number of rotatable bonds is 1. The Balaban J connectivity index is 2.36. The Bertz CT molecular complexity index is 869. The molecule has 0 fully saturated rings. The molecule has 0 unspecified atom stereocenters. The van der Waals surface area contributed by atoms with Gasteiger partial charge in [-0.25, -0.2) is 4.39 Å². The molecule has 0 spiro atoms. The number of fused-ring (bicyclic) bond motifs is 1. The molecular weight excluding hydrogens is 331 g/mol. The maximum absolute atomic E-state index is 14.6. The molecule has 1 aliphatic rings. The molecule has 0 amide bonds. The van der Waals surface area contributed by atoms with E-state index in [0.29, 0.717) is 17.1 Å². The molecule has 0 aliphatic carbocycles. The van der Waals surface area contributed by atoms with E-state index in [2.05, 4.69) is 16.5 Å². The number of nitrogens with one attached hydrogen (secondary N) is 1. The second-order valence-electron chi connectivity index (χ2n) is 6.66. The highest BCUT2D eigenvalue weighted by Gasteiger charge is 2.40. The largest absolute Gasteiger partial charge is 0.384 e. The van der Waals surface area contributed by atoms with Crippen molar-refractivity contribution in [2.75, 3.05) is 5.32 Å². The van der Waals surface area contributed by atoms with Gasteiger partial charge in [-0.2, -0.15) is 5.26 Å². The maximum Gasteiger partial charge on any atom is 0.234 e. The molecule has 5 nitrogen and oxygen atoms in total. The predicted octanol–water partition coefficient (Wildman–Crippen LogP) is 4.02. The molecule has 1 atom stereocenters. The van der Waals surface area contributed by atoms with Crippen LogP contribution in [0.15, 0.2) is 34.1 Å². The highest BCUT2D eigenvalue weighted by Crippen LogP contribution is 2.47. The lowest BCUT2D eigenvalue weighted by atomic mass is 9.78. The van der Waals surface area contributed by atoms with E-state index in [4.69, 9.17) is 21.9 Å². The molecule has 1 aromatic carbocycles. The van der Waals surface area contributed by atoms with Crippen LogP contribution in [0.3, 0.4) is 0 Å². The van der Waals surface area contributed by atoms with E-state index in [1.54, 1.807) is 6.07 Å². The molecule has 1 aromatic heterocycles. The molecule has 2 heterocycles. The van der Waals surface area contributed by atoms with Crippen molar-refractivity contribution in [2.24, 2.45) is 5.73 Å². The lowest BCUT2D eigenvalue weighted by Crippen LogP contribution is -2.25. The summed E-state index contributed by atoms with van der Waals surface area (Å²) in [5.41, 5.74) is 7.15. The average Bonchev–Trinajstić information content (AvgIpc) is 2.90. The Hall–Kier alpha value is -2.52. The molecule has 0 bridgehead atoms. The SMILES string of the molecule is CC(C)(C)c1noc2c1[C@@H](c1c(F)cccc1Cl)C(C#N)=C(N)N2. The number of nitriles is 1. The third-order valence-corrected chi connectivity index (χ3v) is 4.29. The van der Waals surface area contributed by atoms with E-state index in [-0.39, 0.29) is 27.4 Å². The first-order chi connectivity index (χ1) is 11.3. The Morgan fingerprint density at radius 3 is 2.67 bits per heavy atom. The van der Waals surface area contributed by atoms with Gasteiger partial charge in [-0.15, -0.1) is 0 Å². The summed E-state index contributed by atoms with van der Waals surface area (Å²) in [6.45, 7) is 5.87. The summed E-state index contributed by atoms with van der Waals surface area (Å²) in [5, 5.41) is 16.7. The number of nitrogens with zero attached hydrogens (tertiary/aromatic N) is 2. The Morgan fingerprint density at radius 2 is 2.08 bits per heavy atom. The quantitative estimate of drug-likeness (QED) is 0.814. The van der Waals surface area contributed by atoms with Crippen molar-refractivity contribution >= 4 is 17.5 Å². The fourth-order valence-corrected chi connectivity index (χ4v) is 3.16. The van der Waals surface area contributed by atoms with Crippen LogP contribution in [0.1, 0.15) is 43.5 Å². The fourth-order valence-electron chi connectivity index (χ4n) is 2.89. The van der Waals surface area contributed by atoms with Crippen LogP contribution in [0, 0.1) is 17.1 Å². The first-order valence-corrected chi connectivity index (χ1v) is 7.74. The third kappa shape index (κ3) is 2.42. The lowest BCUT2D eigenvalue weighted by molar-refractivity contribution is 0.404. The molecule has 3 rings (SSSR count). The zero-order valence-corrected chi connectivity index (χ0v) is 14.2. The monoisotopic (exact) mass is 346 g/mol. The number of nitrogens with two attached hydrogens (primary N) is 1. The zero-order valence-electron chi connectivity index (χ0n) is 13.4. The van der Waals surface area contributed by atoms with E-state index < -0.39 is 11.7 Å². The number of allylic oxidation sites excluding steroid dienone is 1. The molecular formula is C17H16ClFN4O. The average molecular weight is 347 g/mol. The van der Waals surface area contributed by atoms with E-state index in [0.717, 1.165) is 0 Å². The van der Waals surface area contributed by atoms with Crippen LogP contribution in [0.4, 0.5) is 10.3 Å². The third-order valence-electron chi connectivity index (χ3n) is 3.96. The van der Waals surface area contributed by atoms with Crippen LogP contribution in [-0.2, 0) is 5.41 Å². The van der Waals surface area contributed by atoms with Crippen molar-refractivity contribution in [1.29, 1.82) is 5.26 Å². The number of halogens is 2. The van der Waals surface area contributed by atoms with Gasteiger partial charge in [-0.05, 0) is 12.1 Å². The molecule has 2 aromatic rings. The van der Waals surface area contributed by atoms with E-state index in [9.17, 15) is 9.65 Å². The zero-order chi connectivity index (χ0) is 17.6. The molecule has 1 aliphatic heterocycles. The van der Waals surface area contributed by atoms with Gasteiger partial charge < -0.3 is 15.6 Å². The highest BCUT2D eigenvalue weighted by molar-refractivity contribution is 6.31. The van der Waals surface area contributed by atoms with Crippen molar-refractivity contribution in [1.82, 2.24) is 5.16 Å². The van der Waals surface area contributed by atoms with Crippen molar-refractivity contribution in [3.05, 3.63) is 57.3 Å². The standard InChI is InChI=1S/C17H16ClFN4O/c1-17(2,3)14-13-11(12-9(18)5-4-6-10(12)19)8(7-20)15(21)22-16(13)24-23-14/h4-6,11,22H,21H2,1-3H3/t11-/m1/s1. The molecule has 0 radical (unpaired) electrons. The Morgan fingerprint density at radius 1 is 1.38 bits per heavy atom. The van der Waals surface area contributed by atoms with Crippen molar-refractivity contribution in [3.8, 4) is 6.07 Å². The maximum atomic E-state index is 14.6. The summed E-state index contributed by atoms with van der Waals surface area (Å²) in [4.78, 5) is 0. The van der Waals surface area contributed by atoms with Gasteiger partial charge in [-0.3, -0.25) is 0 Å². The number of hydrogen-bond donors (Lipinski definition) is 2. The summed E-state index contributed by atoms with van der Waals surface area (Å²) < 4.78 is 19.9. The van der Waals surface area contributed by atoms with Gasteiger partial charge in [0.1, 0.15) is 11.6 Å². The summed E-state index contributed by atoms with van der Waals surface area (Å²) >= 11 is 6.25. The van der Waals surface area contributed by atoms with Gasteiger partial charge >= 0.3 is 0 Å². The minimum atomic E-state index is -0.777. The minimum absolute atomic E-state index is 0.103. The van der Waals surface area contributed by atoms with E-state index >= 15 is 0 Å². The van der Waals surface area contributed by atoms with Gasteiger partial charge in [0.15, 0.2) is 0 Å². The van der Waals surface area contributed by atoms with Gasteiger partial charge in [0.25, 0.3) is 0 Å². The van der Waals surface area contributed by atoms with Crippen molar-refractivity contribution in [2.45, 2.75) is 32.1 Å². The molecule has 3 N–H and O–H groups in total. The first kappa shape index (κ1) is 16.3. The molecule has 0 saturated heterocycles. The normalized spacial score (nSPS) is 17.2. The topological polar surface area (TPSA) is 87.9 Å². The lowest BCUT2D eigenvalue weighted by Gasteiger charge is -2.27.